The molecule has 2 nitrogen and oxygen atoms in total. The fraction of sp³-hybridized carbons (Fsp3) is 1.00. The Morgan fingerprint density at radius 1 is 0.900 bits per heavy atom. The molecule has 2 saturated carbocycles. The van der Waals surface area contributed by atoms with E-state index in [1.807, 2.05) is 0 Å². The van der Waals surface area contributed by atoms with Crippen molar-refractivity contribution in [2.24, 2.45) is 17.1 Å². The first-order valence-corrected chi connectivity index (χ1v) is 9.13. The lowest BCUT2D eigenvalue weighted by molar-refractivity contribution is -0.0185. The summed E-state index contributed by atoms with van der Waals surface area (Å²) in [5.74, 6) is 0.921. The first kappa shape index (κ1) is 14.8. The van der Waals surface area contributed by atoms with Gasteiger partial charge in [-0.1, -0.05) is 26.2 Å². The average molecular weight is 278 g/mol. The Bertz CT molecular complexity index is 301. The Hall–Kier alpha value is -0.0800. The van der Waals surface area contributed by atoms with Crippen molar-refractivity contribution in [2.75, 3.05) is 19.6 Å². The van der Waals surface area contributed by atoms with Gasteiger partial charge in [0.2, 0.25) is 0 Å². The number of likely N-dealkylation sites (tertiary alicyclic amines) is 1. The monoisotopic (exact) mass is 278 g/mol. The summed E-state index contributed by atoms with van der Waals surface area (Å²) in [5.41, 5.74) is 7.34. The molecule has 0 unspecified atom stereocenters. The second kappa shape index (κ2) is 5.96. The molecule has 20 heavy (non-hydrogen) atoms. The van der Waals surface area contributed by atoms with E-state index < -0.39 is 0 Å². The van der Waals surface area contributed by atoms with E-state index in [2.05, 4.69) is 11.8 Å². The molecular formula is C18H34N2. The summed E-state index contributed by atoms with van der Waals surface area (Å²) in [6.07, 6.45) is 15.8. The van der Waals surface area contributed by atoms with Gasteiger partial charge in [0.25, 0.3) is 0 Å². The molecule has 116 valence electrons. The van der Waals surface area contributed by atoms with E-state index in [4.69, 9.17) is 5.73 Å². The Balaban J connectivity index is 1.61. The maximum absolute atomic E-state index is 6.24. The molecule has 2 heteroatoms. The molecule has 3 aliphatic rings. The number of hydrogen-bond donors (Lipinski definition) is 1. The molecule has 0 amide bonds. The van der Waals surface area contributed by atoms with Gasteiger partial charge in [-0.3, -0.25) is 4.90 Å². The summed E-state index contributed by atoms with van der Waals surface area (Å²) >= 11 is 0. The minimum Gasteiger partial charge on any atom is -0.329 e. The van der Waals surface area contributed by atoms with Gasteiger partial charge in [0.15, 0.2) is 0 Å². The van der Waals surface area contributed by atoms with E-state index >= 15 is 0 Å². The zero-order chi connectivity index (χ0) is 14.1. The predicted molar refractivity (Wildman–Crippen MR) is 85.7 cm³/mol. The van der Waals surface area contributed by atoms with Crippen molar-refractivity contribution in [1.29, 1.82) is 0 Å². The van der Waals surface area contributed by atoms with Crippen LogP contribution < -0.4 is 5.73 Å². The van der Waals surface area contributed by atoms with Crippen LogP contribution in [0.1, 0.15) is 77.6 Å². The summed E-state index contributed by atoms with van der Waals surface area (Å²) in [7, 11) is 0. The van der Waals surface area contributed by atoms with Crippen LogP contribution in [0.15, 0.2) is 0 Å². The van der Waals surface area contributed by atoms with Crippen molar-refractivity contribution in [1.82, 2.24) is 4.90 Å². The SMILES string of the molecule is CC1CCC(CN)(N2CCC3(CCCCC3)CC2)CC1. The highest BCUT2D eigenvalue weighted by atomic mass is 15.2. The summed E-state index contributed by atoms with van der Waals surface area (Å²) in [6, 6.07) is 0. The molecular weight excluding hydrogens is 244 g/mol. The normalized spacial score (nSPS) is 39.0. The average Bonchev–Trinajstić information content (AvgIpc) is 2.50. The lowest BCUT2D eigenvalue weighted by atomic mass is 9.66. The number of nitrogens with zero attached hydrogens (tertiary/aromatic N) is 1. The van der Waals surface area contributed by atoms with Gasteiger partial charge in [-0.05, 0) is 75.8 Å². The molecule has 1 heterocycles. The molecule has 0 aromatic carbocycles. The van der Waals surface area contributed by atoms with Gasteiger partial charge in [0, 0.05) is 12.1 Å². The maximum Gasteiger partial charge on any atom is 0.0331 e. The van der Waals surface area contributed by atoms with Gasteiger partial charge in [0.05, 0.1) is 0 Å². The summed E-state index contributed by atoms with van der Waals surface area (Å²) in [5, 5.41) is 0. The van der Waals surface area contributed by atoms with Gasteiger partial charge < -0.3 is 5.73 Å². The Kier molecular flexibility index (Phi) is 4.42. The second-order valence-electron chi connectivity index (χ2n) is 8.16. The van der Waals surface area contributed by atoms with Crippen LogP contribution in [-0.2, 0) is 0 Å². The highest BCUT2D eigenvalue weighted by Gasteiger charge is 2.43. The summed E-state index contributed by atoms with van der Waals surface area (Å²) in [6.45, 7) is 5.94. The van der Waals surface area contributed by atoms with Crippen LogP contribution in [0.2, 0.25) is 0 Å². The van der Waals surface area contributed by atoms with E-state index in [9.17, 15) is 0 Å². The molecule has 0 radical (unpaired) electrons. The van der Waals surface area contributed by atoms with Gasteiger partial charge in [-0.2, -0.15) is 0 Å². The highest BCUT2D eigenvalue weighted by molar-refractivity contribution is 4.99. The van der Waals surface area contributed by atoms with Gasteiger partial charge >= 0.3 is 0 Å². The lowest BCUT2D eigenvalue weighted by Crippen LogP contribution is -2.59. The van der Waals surface area contributed by atoms with Crippen molar-refractivity contribution >= 4 is 0 Å². The van der Waals surface area contributed by atoms with E-state index in [1.165, 1.54) is 83.7 Å². The molecule has 1 spiro atoms. The van der Waals surface area contributed by atoms with Crippen LogP contribution >= 0.6 is 0 Å². The maximum atomic E-state index is 6.24. The minimum atomic E-state index is 0.364. The summed E-state index contributed by atoms with van der Waals surface area (Å²) in [4.78, 5) is 2.80. The molecule has 0 aromatic heterocycles. The zero-order valence-electron chi connectivity index (χ0n) is 13.5. The molecule has 0 atom stereocenters. The Morgan fingerprint density at radius 2 is 1.50 bits per heavy atom. The highest BCUT2D eigenvalue weighted by Crippen LogP contribution is 2.47. The zero-order valence-corrected chi connectivity index (χ0v) is 13.5. The standard InChI is InChI=1S/C18H34N2/c1-16-5-9-18(15-19,10-6-16)20-13-11-17(12-14-20)7-3-2-4-8-17/h16H,2-15,19H2,1H3. The molecule has 1 saturated heterocycles. The molecule has 3 fully saturated rings. The minimum absolute atomic E-state index is 0.364. The van der Waals surface area contributed by atoms with E-state index in [-0.39, 0.29) is 0 Å². The van der Waals surface area contributed by atoms with Crippen molar-refractivity contribution in [3.05, 3.63) is 0 Å². The third kappa shape index (κ3) is 2.78. The van der Waals surface area contributed by atoms with Gasteiger partial charge in [-0.25, -0.2) is 0 Å². The molecule has 1 aliphatic heterocycles. The van der Waals surface area contributed by atoms with Crippen LogP contribution in [0.4, 0.5) is 0 Å². The van der Waals surface area contributed by atoms with Crippen LogP contribution in [0.5, 0.6) is 0 Å². The van der Waals surface area contributed by atoms with Crippen LogP contribution in [-0.4, -0.2) is 30.1 Å². The van der Waals surface area contributed by atoms with Gasteiger partial charge in [-0.15, -0.1) is 0 Å². The molecule has 3 rings (SSSR count). The van der Waals surface area contributed by atoms with Gasteiger partial charge in [0.1, 0.15) is 0 Å². The fourth-order valence-corrected chi connectivity index (χ4v) is 5.21. The van der Waals surface area contributed by atoms with Crippen molar-refractivity contribution < 1.29 is 0 Å². The first-order valence-electron chi connectivity index (χ1n) is 9.13. The Morgan fingerprint density at radius 3 is 2.05 bits per heavy atom. The van der Waals surface area contributed by atoms with E-state index in [1.54, 1.807) is 0 Å². The fourth-order valence-electron chi connectivity index (χ4n) is 5.21. The third-order valence-corrected chi connectivity index (χ3v) is 6.99. The predicted octanol–water partition coefficient (Wildman–Crippen LogP) is 3.94. The van der Waals surface area contributed by atoms with Crippen LogP contribution in [0, 0.1) is 11.3 Å². The Labute approximate surface area is 125 Å². The van der Waals surface area contributed by atoms with E-state index in [0.717, 1.165) is 17.9 Å². The van der Waals surface area contributed by atoms with Crippen molar-refractivity contribution in [2.45, 2.75) is 83.1 Å². The molecule has 0 aromatic rings. The number of hydrogen-bond acceptors (Lipinski definition) is 2. The smallest absolute Gasteiger partial charge is 0.0331 e. The third-order valence-electron chi connectivity index (χ3n) is 6.99. The number of nitrogens with two attached hydrogens (primary N) is 1. The largest absolute Gasteiger partial charge is 0.329 e. The quantitative estimate of drug-likeness (QED) is 0.829. The molecule has 2 aliphatic carbocycles. The second-order valence-corrected chi connectivity index (χ2v) is 8.16. The number of piperidine rings is 1. The first-order chi connectivity index (χ1) is 9.68. The lowest BCUT2D eigenvalue weighted by Gasteiger charge is -2.53. The van der Waals surface area contributed by atoms with Crippen LogP contribution in [0.25, 0.3) is 0 Å². The van der Waals surface area contributed by atoms with Crippen molar-refractivity contribution in [3.8, 4) is 0 Å². The summed E-state index contributed by atoms with van der Waals surface area (Å²) < 4.78 is 0. The molecule has 0 bridgehead atoms. The van der Waals surface area contributed by atoms with Crippen molar-refractivity contribution in [3.63, 3.8) is 0 Å². The topological polar surface area (TPSA) is 29.3 Å². The van der Waals surface area contributed by atoms with E-state index in [0.29, 0.717) is 5.54 Å². The number of rotatable bonds is 2. The van der Waals surface area contributed by atoms with Crippen LogP contribution in [0.3, 0.4) is 0 Å². The molecule has 2 N–H and O–H groups in total.